The van der Waals surface area contributed by atoms with Crippen LogP contribution in [0, 0.1) is 12.3 Å². The number of halogens is 1. The molecule has 0 fully saturated rings. The SMILES string of the molecule is Cc1cc(Br)c2nc(NCC(=O)NO)c(CC(C)(C)C)n2c1. The summed E-state index contributed by atoms with van der Waals surface area (Å²) in [6.45, 7) is 8.45. The Balaban J connectivity index is 2.51. The third-order valence-electron chi connectivity index (χ3n) is 3.15. The predicted molar refractivity (Wildman–Crippen MR) is 89.2 cm³/mol. The molecule has 6 nitrogen and oxygen atoms in total. The number of hydrogen-bond acceptors (Lipinski definition) is 4. The Hall–Kier alpha value is -1.60. The molecule has 0 unspecified atom stereocenters. The van der Waals surface area contributed by atoms with Crippen molar-refractivity contribution >= 4 is 33.3 Å². The number of imidazole rings is 1. The van der Waals surface area contributed by atoms with Gasteiger partial charge in [0.05, 0.1) is 16.7 Å². The molecule has 2 heterocycles. The topological polar surface area (TPSA) is 78.7 Å². The number of amides is 1. The lowest BCUT2D eigenvalue weighted by molar-refractivity contribution is -0.127. The fourth-order valence-corrected chi connectivity index (χ4v) is 2.94. The summed E-state index contributed by atoms with van der Waals surface area (Å²) >= 11 is 3.54. The molecular formula is C15H21BrN4O2. The van der Waals surface area contributed by atoms with E-state index in [9.17, 15) is 4.79 Å². The highest BCUT2D eigenvalue weighted by molar-refractivity contribution is 9.10. The van der Waals surface area contributed by atoms with Gasteiger partial charge in [-0.3, -0.25) is 10.0 Å². The number of fused-ring (bicyclic) bond motifs is 1. The van der Waals surface area contributed by atoms with E-state index in [4.69, 9.17) is 5.21 Å². The number of hydroxylamine groups is 1. The monoisotopic (exact) mass is 368 g/mol. The maximum absolute atomic E-state index is 11.3. The summed E-state index contributed by atoms with van der Waals surface area (Å²) in [6.07, 6.45) is 2.83. The summed E-state index contributed by atoms with van der Waals surface area (Å²) in [5.41, 5.74) is 4.61. The zero-order valence-electron chi connectivity index (χ0n) is 13.2. The van der Waals surface area contributed by atoms with Crippen molar-refractivity contribution in [3.8, 4) is 0 Å². The predicted octanol–water partition coefficient (Wildman–Crippen LogP) is 2.91. The Bertz CT molecular complexity index is 704. The number of carbonyl (C=O) groups excluding carboxylic acids is 1. The van der Waals surface area contributed by atoms with Crippen molar-refractivity contribution in [2.75, 3.05) is 11.9 Å². The van der Waals surface area contributed by atoms with Gasteiger partial charge in [-0.2, -0.15) is 0 Å². The summed E-state index contributed by atoms with van der Waals surface area (Å²) in [5, 5.41) is 11.6. The number of aromatic nitrogens is 2. The molecule has 1 amide bonds. The first-order valence-electron chi connectivity index (χ1n) is 7.05. The lowest BCUT2D eigenvalue weighted by Gasteiger charge is -2.19. The standard InChI is InChI=1S/C15H21BrN4O2/c1-9-5-10(16)14-18-13(17-7-12(21)19-22)11(20(14)8-9)6-15(2,3)4/h5,8,17,22H,6-7H2,1-4H3,(H,19,21). The van der Waals surface area contributed by atoms with Crippen molar-refractivity contribution in [3.63, 3.8) is 0 Å². The van der Waals surface area contributed by atoms with Crippen LogP contribution < -0.4 is 10.8 Å². The molecule has 2 aromatic rings. The molecule has 3 N–H and O–H groups in total. The van der Waals surface area contributed by atoms with E-state index in [1.54, 1.807) is 5.48 Å². The Morgan fingerprint density at radius 3 is 2.73 bits per heavy atom. The molecule has 7 heteroatoms. The first-order valence-corrected chi connectivity index (χ1v) is 7.84. The van der Waals surface area contributed by atoms with Gasteiger partial charge in [0.25, 0.3) is 5.91 Å². The number of rotatable bonds is 4. The van der Waals surface area contributed by atoms with Crippen molar-refractivity contribution in [3.05, 3.63) is 28.0 Å². The van der Waals surface area contributed by atoms with Crippen LogP contribution in [0.5, 0.6) is 0 Å². The van der Waals surface area contributed by atoms with Crippen LogP contribution in [0.4, 0.5) is 5.82 Å². The lowest BCUT2D eigenvalue weighted by atomic mass is 9.90. The van der Waals surface area contributed by atoms with Gasteiger partial charge in [-0.1, -0.05) is 20.8 Å². The average molecular weight is 369 g/mol. The van der Waals surface area contributed by atoms with Crippen LogP contribution in [0.25, 0.3) is 5.65 Å². The van der Waals surface area contributed by atoms with Crippen molar-refractivity contribution < 1.29 is 10.0 Å². The normalized spacial score (nSPS) is 11.7. The van der Waals surface area contributed by atoms with Crippen LogP contribution in [-0.4, -0.2) is 27.0 Å². The lowest BCUT2D eigenvalue weighted by Crippen LogP contribution is -2.27. The van der Waals surface area contributed by atoms with Crippen molar-refractivity contribution in [2.45, 2.75) is 34.1 Å². The second-order valence-electron chi connectivity index (χ2n) is 6.59. The number of anilines is 1. The van der Waals surface area contributed by atoms with E-state index >= 15 is 0 Å². The highest BCUT2D eigenvalue weighted by atomic mass is 79.9. The molecule has 0 aromatic carbocycles. The fourth-order valence-electron chi connectivity index (χ4n) is 2.30. The van der Waals surface area contributed by atoms with Gasteiger partial charge in [0, 0.05) is 6.20 Å². The molecule has 0 spiro atoms. The van der Waals surface area contributed by atoms with Crippen molar-refractivity contribution in [1.82, 2.24) is 14.9 Å². The third kappa shape index (κ3) is 3.78. The largest absolute Gasteiger partial charge is 0.359 e. The zero-order chi connectivity index (χ0) is 16.5. The minimum Gasteiger partial charge on any atom is -0.359 e. The van der Waals surface area contributed by atoms with E-state index < -0.39 is 5.91 Å². The van der Waals surface area contributed by atoms with Crippen LogP contribution in [0.1, 0.15) is 32.0 Å². The number of nitrogens with zero attached hydrogens (tertiary/aromatic N) is 2. The highest BCUT2D eigenvalue weighted by Gasteiger charge is 2.21. The Kier molecular flexibility index (Phi) is 4.77. The van der Waals surface area contributed by atoms with Crippen molar-refractivity contribution in [1.29, 1.82) is 0 Å². The molecule has 22 heavy (non-hydrogen) atoms. The van der Waals surface area contributed by atoms with Crippen LogP contribution in [0.3, 0.4) is 0 Å². The molecule has 0 atom stereocenters. The van der Waals surface area contributed by atoms with Gasteiger partial charge >= 0.3 is 0 Å². The molecule has 0 saturated heterocycles. The first kappa shape index (κ1) is 16.8. The molecule has 0 aliphatic rings. The maximum Gasteiger partial charge on any atom is 0.262 e. The molecule has 0 saturated carbocycles. The minimum atomic E-state index is -0.506. The van der Waals surface area contributed by atoms with Gasteiger partial charge in [0.15, 0.2) is 5.65 Å². The molecule has 2 rings (SSSR count). The Morgan fingerprint density at radius 1 is 1.45 bits per heavy atom. The van der Waals surface area contributed by atoms with E-state index in [0.717, 1.165) is 27.8 Å². The quantitative estimate of drug-likeness (QED) is 0.572. The maximum atomic E-state index is 11.3. The zero-order valence-corrected chi connectivity index (χ0v) is 14.8. The third-order valence-corrected chi connectivity index (χ3v) is 3.73. The van der Waals surface area contributed by atoms with E-state index in [2.05, 4.69) is 47.0 Å². The molecule has 0 aliphatic heterocycles. The molecule has 0 bridgehead atoms. The Morgan fingerprint density at radius 2 is 2.14 bits per heavy atom. The van der Waals surface area contributed by atoms with Crippen LogP contribution in [0.15, 0.2) is 16.7 Å². The van der Waals surface area contributed by atoms with E-state index in [1.165, 1.54) is 0 Å². The highest BCUT2D eigenvalue weighted by Crippen LogP contribution is 2.30. The van der Waals surface area contributed by atoms with Gasteiger partial charge in [0.1, 0.15) is 5.82 Å². The number of aryl methyl sites for hydroxylation is 1. The van der Waals surface area contributed by atoms with Gasteiger partial charge < -0.3 is 9.72 Å². The second kappa shape index (κ2) is 6.26. The fraction of sp³-hybridized carbons (Fsp3) is 0.467. The molecule has 120 valence electrons. The number of hydrogen-bond donors (Lipinski definition) is 3. The molecule has 2 aromatic heterocycles. The van der Waals surface area contributed by atoms with E-state index in [1.807, 2.05) is 23.6 Å². The van der Waals surface area contributed by atoms with Gasteiger partial charge in [-0.25, -0.2) is 10.5 Å². The Labute approximate surface area is 138 Å². The van der Waals surface area contributed by atoms with Gasteiger partial charge in [-0.15, -0.1) is 0 Å². The first-order chi connectivity index (χ1) is 10.2. The summed E-state index contributed by atoms with van der Waals surface area (Å²) in [6, 6.07) is 2.01. The summed E-state index contributed by atoms with van der Waals surface area (Å²) in [4.78, 5) is 15.8. The average Bonchev–Trinajstić information content (AvgIpc) is 2.73. The molecule has 0 aliphatic carbocycles. The molecular weight excluding hydrogens is 348 g/mol. The van der Waals surface area contributed by atoms with Crippen LogP contribution in [0.2, 0.25) is 0 Å². The van der Waals surface area contributed by atoms with Crippen LogP contribution in [-0.2, 0) is 11.2 Å². The number of nitrogens with one attached hydrogen (secondary N) is 2. The second-order valence-corrected chi connectivity index (χ2v) is 7.45. The minimum absolute atomic E-state index is 0.0336. The summed E-state index contributed by atoms with van der Waals surface area (Å²) in [5.74, 6) is 0.152. The summed E-state index contributed by atoms with van der Waals surface area (Å²) < 4.78 is 2.95. The number of carbonyl (C=O) groups is 1. The van der Waals surface area contributed by atoms with Gasteiger partial charge in [-0.05, 0) is 46.3 Å². The van der Waals surface area contributed by atoms with Gasteiger partial charge in [0.2, 0.25) is 0 Å². The molecule has 0 radical (unpaired) electrons. The van der Waals surface area contributed by atoms with E-state index in [0.29, 0.717) is 5.82 Å². The summed E-state index contributed by atoms with van der Waals surface area (Å²) in [7, 11) is 0. The number of pyridine rings is 1. The van der Waals surface area contributed by atoms with Crippen molar-refractivity contribution in [2.24, 2.45) is 5.41 Å². The van der Waals surface area contributed by atoms with E-state index in [-0.39, 0.29) is 12.0 Å². The smallest absolute Gasteiger partial charge is 0.262 e. The van der Waals surface area contributed by atoms with Crippen LogP contribution >= 0.6 is 15.9 Å².